The number of nitrogens with two attached hydrogens (primary N) is 1. The molecule has 27 heavy (non-hydrogen) atoms. The Morgan fingerprint density at radius 1 is 0.889 bits per heavy atom. The minimum absolute atomic E-state index is 0.435. The summed E-state index contributed by atoms with van der Waals surface area (Å²) in [6, 6.07) is 17.4. The fourth-order valence-corrected chi connectivity index (χ4v) is 2.94. The van der Waals surface area contributed by atoms with Crippen LogP contribution >= 0.6 is 0 Å². The maximum absolute atomic E-state index is 6.16. The summed E-state index contributed by atoms with van der Waals surface area (Å²) >= 11 is 0. The summed E-state index contributed by atoms with van der Waals surface area (Å²) in [6.07, 6.45) is 9.90. The molecule has 0 aliphatic heterocycles. The first-order valence-corrected chi connectivity index (χ1v) is 8.87. The molecule has 0 amide bonds. The predicted octanol–water partition coefficient (Wildman–Crippen LogP) is 5.16. The molecule has 4 rings (SSSR count). The van der Waals surface area contributed by atoms with E-state index in [2.05, 4.69) is 33.5 Å². The first-order chi connectivity index (χ1) is 13.3. The molecule has 3 aromatic rings. The van der Waals surface area contributed by atoms with Crippen LogP contribution in [0, 0.1) is 0 Å². The molecule has 0 fully saturated rings. The van der Waals surface area contributed by atoms with E-state index in [1.54, 1.807) is 0 Å². The van der Waals surface area contributed by atoms with Crippen LogP contribution in [-0.2, 0) is 0 Å². The monoisotopic (exact) mass is 356 g/mol. The molecule has 5 heteroatoms. The molecule has 134 valence electrons. The highest BCUT2D eigenvalue weighted by atomic mass is 16.5. The van der Waals surface area contributed by atoms with E-state index in [1.165, 1.54) is 6.33 Å². The fourth-order valence-electron chi connectivity index (χ4n) is 2.94. The van der Waals surface area contributed by atoms with Crippen LogP contribution in [0.2, 0.25) is 0 Å². The van der Waals surface area contributed by atoms with Crippen molar-refractivity contribution in [3.8, 4) is 22.6 Å². The van der Waals surface area contributed by atoms with Gasteiger partial charge in [0, 0.05) is 5.70 Å². The minimum atomic E-state index is 0.435. The number of nitrogens with zero attached hydrogens (tertiary/aromatic N) is 2. The number of hydrogen-bond donors (Lipinski definition) is 2. The van der Waals surface area contributed by atoms with Crippen molar-refractivity contribution in [2.45, 2.75) is 12.8 Å². The van der Waals surface area contributed by atoms with Crippen LogP contribution in [0.5, 0.6) is 11.5 Å². The van der Waals surface area contributed by atoms with E-state index in [9.17, 15) is 0 Å². The summed E-state index contributed by atoms with van der Waals surface area (Å²) in [5.41, 5.74) is 8.89. The van der Waals surface area contributed by atoms with Gasteiger partial charge in [-0.15, -0.1) is 0 Å². The Balaban J connectivity index is 1.61. The Hall–Kier alpha value is -3.60. The smallest absolute Gasteiger partial charge is 0.143 e. The zero-order valence-corrected chi connectivity index (χ0v) is 14.8. The quantitative estimate of drug-likeness (QED) is 0.660. The number of nitrogen functional groups attached to an aromatic ring is 1. The van der Waals surface area contributed by atoms with Crippen molar-refractivity contribution in [3.63, 3.8) is 0 Å². The molecule has 0 bridgehead atoms. The van der Waals surface area contributed by atoms with Gasteiger partial charge in [0.2, 0.25) is 0 Å². The van der Waals surface area contributed by atoms with Gasteiger partial charge in [-0.2, -0.15) is 0 Å². The van der Waals surface area contributed by atoms with E-state index in [0.29, 0.717) is 11.6 Å². The van der Waals surface area contributed by atoms with E-state index >= 15 is 0 Å². The summed E-state index contributed by atoms with van der Waals surface area (Å²) in [7, 11) is 0. The summed E-state index contributed by atoms with van der Waals surface area (Å²) in [6.45, 7) is 0. The molecule has 1 aliphatic carbocycles. The molecular weight excluding hydrogens is 336 g/mol. The van der Waals surface area contributed by atoms with Gasteiger partial charge in [0.15, 0.2) is 0 Å². The van der Waals surface area contributed by atoms with E-state index in [1.807, 2.05) is 54.6 Å². The number of allylic oxidation sites excluding steroid dienone is 3. The second-order valence-electron chi connectivity index (χ2n) is 6.19. The molecule has 0 saturated heterocycles. The topological polar surface area (TPSA) is 73.1 Å². The second kappa shape index (κ2) is 7.74. The molecule has 0 unspecified atom stereocenters. The van der Waals surface area contributed by atoms with Gasteiger partial charge in [0.1, 0.15) is 29.5 Å². The largest absolute Gasteiger partial charge is 0.457 e. The maximum atomic E-state index is 6.16. The van der Waals surface area contributed by atoms with Crippen molar-refractivity contribution in [3.05, 3.63) is 84.8 Å². The number of nitrogens with one attached hydrogen (secondary N) is 1. The third-order valence-electron chi connectivity index (χ3n) is 4.26. The van der Waals surface area contributed by atoms with Crippen molar-refractivity contribution in [2.75, 3.05) is 11.1 Å². The van der Waals surface area contributed by atoms with Crippen molar-refractivity contribution >= 4 is 11.6 Å². The van der Waals surface area contributed by atoms with Crippen LogP contribution in [-0.4, -0.2) is 9.97 Å². The van der Waals surface area contributed by atoms with Crippen LogP contribution < -0.4 is 15.8 Å². The number of ether oxygens (including phenoxy) is 1. The van der Waals surface area contributed by atoms with Crippen LogP contribution in [0.1, 0.15) is 12.8 Å². The second-order valence-corrected chi connectivity index (χ2v) is 6.19. The van der Waals surface area contributed by atoms with Crippen molar-refractivity contribution < 1.29 is 4.74 Å². The molecule has 2 aromatic carbocycles. The molecule has 1 aliphatic rings. The first-order valence-electron chi connectivity index (χ1n) is 8.87. The molecule has 0 atom stereocenters. The number of hydrogen-bond acceptors (Lipinski definition) is 5. The molecule has 3 N–H and O–H groups in total. The van der Waals surface area contributed by atoms with Gasteiger partial charge in [0.05, 0.1) is 5.56 Å². The maximum Gasteiger partial charge on any atom is 0.143 e. The van der Waals surface area contributed by atoms with Gasteiger partial charge in [-0.3, -0.25) is 0 Å². The van der Waals surface area contributed by atoms with Crippen LogP contribution in [0.4, 0.5) is 11.6 Å². The predicted molar refractivity (Wildman–Crippen MR) is 108 cm³/mol. The Labute approximate surface area is 158 Å². The Morgan fingerprint density at radius 3 is 2.41 bits per heavy atom. The number of anilines is 2. The number of rotatable bonds is 5. The lowest BCUT2D eigenvalue weighted by Crippen LogP contribution is -2.06. The van der Waals surface area contributed by atoms with Crippen molar-refractivity contribution in [1.29, 1.82) is 0 Å². The summed E-state index contributed by atoms with van der Waals surface area (Å²) in [5.74, 6) is 2.68. The SMILES string of the molecule is Nc1ncnc(NC2=CCCC=C2)c1-c1ccc(Oc2ccccc2)cc1. The lowest BCUT2D eigenvalue weighted by Gasteiger charge is -2.15. The van der Waals surface area contributed by atoms with Crippen molar-refractivity contribution in [1.82, 2.24) is 9.97 Å². The summed E-state index contributed by atoms with van der Waals surface area (Å²) < 4.78 is 5.85. The van der Waals surface area contributed by atoms with Gasteiger partial charge in [-0.05, 0) is 48.7 Å². The first kappa shape index (κ1) is 16.8. The number of benzene rings is 2. The average Bonchev–Trinajstić information content (AvgIpc) is 2.71. The summed E-state index contributed by atoms with van der Waals surface area (Å²) in [5, 5.41) is 3.36. The van der Waals surface area contributed by atoms with Gasteiger partial charge in [-0.25, -0.2) is 9.97 Å². The Kier molecular flexibility index (Phi) is 4.83. The molecule has 0 spiro atoms. The molecule has 1 aromatic heterocycles. The summed E-state index contributed by atoms with van der Waals surface area (Å²) in [4.78, 5) is 8.55. The molecule has 5 nitrogen and oxygen atoms in total. The highest BCUT2D eigenvalue weighted by Gasteiger charge is 2.13. The van der Waals surface area contributed by atoms with Gasteiger partial charge < -0.3 is 15.8 Å². The number of aromatic nitrogens is 2. The van der Waals surface area contributed by atoms with Crippen molar-refractivity contribution in [2.24, 2.45) is 0 Å². The molecule has 0 saturated carbocycles. The van der Waals surface area contributed by atoms with Gasteiger partial charge in [-0.1, -0.05) is 42.5 Å². The normalized spacial score (nSPS) is 13.1. The minimum Gasteiger partial charge on any atom is -0.457 e. The van der Waals surface area contributed by atoms with Crippen LogP contribution in [0.25, 0.3) is 11.1 Å². The van der Waals surface area contributed by atoms with Crippen LogP contribution in [0.15, 0.2) is 84.8 Å². The molecule has 0 radical (unpaired) electrons. The molecular formula is C22H20N4O. The van der Waals surface area contributed by atoms with E-state index in [4.69, 9.17) is 10.5 Å². The lowest BCUT2D eigenvalue weighted by atomic mass is 10.1. The highest BCUT2D eigenvalue weighted by molar-refractivity contribution is 5.84. The molecule has 1 heterocycles. The zero-order valence-electron chi connectivity index (χ0n) is 14.8. The Morgan fingerprint density at radius 2 is 1.67 bits per heavy atom. The third kappa shape index (κ3) is 3.98. The third-order valence-corrected chi connectivity index (χ3v) is 4.26. The van der Waals surface area contributed by atoms with E-state index in [-0.39, 0.29) is 0 Å². The van der Waals surface area contributed by atoms with E-state index in [0.717, 1.165) is 41.2 Å². The van der Waals surface area contributed by atoms with Crippen LogP contribution in [0.3, 0.4) is 0 Å². The average molecular weight is 356 g/mol. The number of para-hydroxylation sites is 1. The fraction of sp³-hybridized carbons (Fsp3) is 0.0909. The van der Waals surface area contributed by atoms with Gasteiger partial charge >= 0.3 is 0 Å². The Bertz CT molecular complexity index is 979. The standard InChI is InChI=1S/C22H20N4O/c23-21-20(22(25-15-24-21)26-17-7-3-1-4-8-17)16-11-13-19(14-12-16)27-18-9-5-2-6-10-18/h2-3,5-15H,1,4H2,(H3,23,24,25,26). The highest BCUT2D eigenvalue weighted by Crippen LogP contribution is 2.33. The lowest BCUT2D eigenvalue weighted by molar-refractivity contribution is 0.483. The van der Waals surface area contributed by atoms with Gasteiger partial charge in [0.25, 0.3) is 0 Å². The zero-order chi connectivity index (χ0) is 18.5. The van der Waals surface area contributed by atoms with E-state index < -0.39 is 0 Å².